The number of aromatic nitrogens is 3. The smallest absolute Gasteiger partial charge is 0.411 e. The molecule has 114 valence electrons. The van der Waals surface area contributed by atoms with Gasteiger partial charge in [-0.1, -0.05) is 48.5 Å². The maximum absolute atomic E-state index is 10.9. The lowest BCUT2D eigenvalue weighted by molar-refractivity contribution is 0.209. The summed E-state index contributed by atoms with van der Waals surface area (Å²) in [5, 5.41) is 14.1. The van der Waals surface area contributed by atoms with Crippen molar-refractivity contribution in [2.45, 2.75) is 0 Å². The highest BCUT2D eigenvalue weighted by Crippen LogP contribution is 2.19. The van der Waals surface area contributed by atoms with Gasteiger partial charge in [-0.15, -0.1) is 0 Å². The molecule has 1 aromatic heterocycles. The zero-order valence-corrected chi connectivity index (χ0v) is 12.0. The van der Waals surface area contributed by atoms with Gasteiger partial charge >= 0.3 is 6.09 Å². The summed E-state index contributed by atoms with van der Waals surface area (Å²) >= 11 is 0. The molecule has 1 amide bonds. The molecule has 2 aromatic carbocycles. The third kappa shape index (κ3) is 3.79. The number of carboxylic acid groups (broad SMARTS) is 1. The van der Waals surface area contributed by atoms with Gasteiger partial charge in [-0.2, -0.15) is 15.0 Å². The van der Waals surface area contributed by atoms with Crippen molar-refractivity contribution in [3.05, 3.63) is 60.7 Å². The zero-order valence-electron chi connectivity index (χ0n) is 12.0. The summed E-state index contributed by atoms with van der Waals surface area (Å²) in [4.78, 5) is 23.4. The predicted molar refractivity (Wildman–Crippen MR) is 86.6 cm³/mol. The summed E-state index contributed by atoms with van der Waals surface area (Å²) < 4.78 is 0. The van der Waals surface area contributed by atoms with Gasteiger partial charge in [0.2, 0.25) is 11.9 Å². The Morgan fingerprint density at radius 1 is 0.826 bits per heavy atom. The molecule has 7 heteroatoms. The zero-order chi connectivity index (χ0) is 16.1. The highest BCUT2D eigenvalue weighted by molar-refractivity contribution is 5.80. The summed E-state index contributed by atoms with van der Waals surface area (Å²) in [5.74, 6) is 0.598. The second-order valence-electron chi connectivity index (χ2n) is 4.59. The molecule has 0 aliphatic rings. The first-order valence-electron chi connectivity index (χ1n) is 6.84. The van der Waals surface area contributed by atoms with Crippen LogP contribution in [0, 0.1) is 0 Å². The summed E-state index contributed by atoms with van der Waals surface area (Å²) in [6.45, 7) is 0. The minimum absolute atomic E-state index is 0.0372. The largest absolute Gasteiger partial charge is 0.465 e. The Morgan fingerprint density at radius 2 is 1.43 bits per heavy atom. The molecule has 1 heterocycles. The fourth-order valence-electron chi connectivity index (χ4n) is 1.95. The van der Waals surface area contributed by atoms with Crippen LogP contribution in [0.1, 0.15) is 0 Å². The fraction of sp³-hybridized carbons (Fsp3) is 0. The Balaban J connectivity index is 1.99. The molecular formula is C16H13N5O2. The monoisotopic (exact) mass is 307 g/mol. The maximum Gasteiger partial charge on any atom is 0.411 e. The van der Waals surface area contributed by atoms with Gasteiger partial charge in [-0.05, 0) is 12.1 Å². The molecule has 3 N–H and O–H groups in total. The first-order valence-corrected chi connectivity index (χ1v) is 6.84. The van der Waals surface area contributed by atoms with E-state index in [9.17, 15) is 4.79 Å². The molecule has 0 saturated carbocycles. The van der Waals surface area contributed by atoms with Gasteiger partial charge in [-0.3, -0.25) is 5.32 Å². The summed E-state index contributed by atoms with van der Waals surface area (Å²) in [6.07, 6.45) is -1.24. The minimum atomic E-state index is -1.24. The fourth-order valence-corrected chi connectivity index (χ4v) is 1.95. The first-order chi connectivity index (χ1) is 11.2. The SMILES string of the molecule is O=C(O)Nc1nc(Nc2ccccc2)nc(-c2ccccc2)n1. The highest BCUT2D eigenvalue weighted by atomic mass is 16.4. The molecule has 0 atom stereocenters. The summed E-state index contributed by atoms with van der Waals surface area (Å²) in [7, 11) is 0. The molecule has 3 aromatic rings. The third-order valence-corrected chi connectivity index (χ3v) is 2.92. The number of hydrogen-bond donors (Lipinski definition) is 3. The van der Waals surface area contributed by atoms with E-state index in [1.165, 1.54) is 0 Å². The van der Waals surface area contributed by atoms with Crippen molar-refractivity contribution in [2.24, 2.45) is 0 Å². The van der Waals surface area contributed by atoms with Crippen LogP contribution < -0.4 is 10.6 Å². The lowest BCUT2D eigenvalue weighted by atomic mass is 10.2. The number of para-hydroxylation sites is 1. The number of nitrogens with zero attached hydrogens (tertiary/aromatic N) is 3. The van der Waals surface area contributed by atoms with E-state index in [0.717, 1.165) is 11.3 Å². The number of benzene rings is 2. The van der Waals surface area contributed by atoms with Crippen molar-refractivity contribution in [3.63, 3.8) is 0 Å². The van der Waals surface area contributed by atoms with Gasteiger partial charge < -0.3 is 10.4 Å². The van der Waals surface area contributed by atoms with Crippen LogP contribution in [0.5, 0.6) is 0 Å². The predicted octanol–water partition coefficient (Wildman–Crippen LogP) is 3.37. The average Bonchev–Trinajstić information content (AvgIpc) is 2.56. The maximum atomic E-state index is 10.9. The molecule has 0 radical (unpaired) electrons. The first kappa shape index (κ1) is 14.5. The molecule has 0 aliphatic heterocycles. The van der Waals surface area contributed by atoms with Gasteiger partial charge in [0.05, 0.1) is 0 Å². The Kier molecular flexibility index (Phi) is 4.10. The summed E-state index contributed by atoms with van der Waals surface area (Å²) in [6, 6.07) is 18.6. The van der Waals surface area contributed by atoms with E-state index in [2.05, 4.69) is 25.6 Å². The van der Waals surface area contributed by atoms with Crippen LogP contribution in [-0.2, 0) is 0 Å². The lowest BCUT2D eigenvalue weighted by Gasteiger charge is -2.08. The van der Waals surface area contributed by atoms with Crippen LogP contribution in [0.15, 0.2) is 60.7 Å². The van der Waals surface area contributed by atoms with Crippen molar-refractivity contribution in [2.75, 3.05) is 10.6 Å². The molecule has 23 heavy (non-hydrogen) atoms. The van der Waals surface area contributed by atoms with E-state index < -0.39 is 6.09 Å². The van der Waals surface area contributed by atoms with E-state index in [-0.39, 0.29) is 11.9 Å². The number of carbonyl (C=O) groups is 1. The lowest BCUT2D eigenvalue weighted by Crippen LogP contribution is -2.13. The van der Waals surface area contributed by atoms with E-state index >= 15 is 0 Å². The van der Waals surface area contributed by atoms with Gasteiger partial charge in [0, 0.05) is 11.3 Å². The van der Waals surface area contributed by atoms with E-state index in [1.807, 2.05) is 60.7 Å². The Hall–Kier alpha value is -3.48. The van der Waals surface area contributed by atoms with E-state index in [4.69, 9.17) is 5.11 Å². The van der Waals surface area contributed by atoms with Crippen LogP contribution in [0.4, 0.5) is 22.4 Å². The molecule has 7 nitrogen and oxygen atoms in total. The molecule has 0 aliphatic carbocycles. The van der Waals surface area contributed by atoms with Crippen LogP contribution >= 0.6 is 0 Å². The Morgan fingerprint density at radius 3 is 2.09 bits per heavy atom. The van der Waals surface area contributed by atoms with E-state index in [0.29, 0.717) is 5.82 Å². The summed E-state index contributed by atoms with van der Waals surface area (Å²) in [5.41, 5.74) is 1.55. The molecular weight excluding hydrogens is 294 g/mol. The topological polar surface area (TPSA) is 100 Å². The molecule has 0 saturated heterocycles. The van der Waals surface area contributed by atoms with Crippen molar-refractivity contribution < 1.29 is 9.90 Å². The number of amides is 1. The quantitative estimate of drug-likeness (QED) is 0.683. The van der Waals surface area contributed by atoms with Crippen molar-refractivity contribution in [3.8, 4) is 11.4 Å². The standard InChI is InChI=1S/C16H13N5O2/c22-16(23)21-15-19-13(11-7-3-1-4-8-11)18-14(20-15)17-12-9-5-2-6-10-12/h1-10H,(H,22,23)(H2,17,18,19,20,21). The second kappa shape index (κ2) is 6.52. The van der Waals surface area contributed by atoms with Gasteiger partial charge in [0.25, 0.3) is 0 Å². The number of rotatable bonds is 4. The van der Waals surface area contributed by atoms with Gasteiger partial charge in [0.15, 0.2) is 5.82 Å². The second-order valence-corrected chi connectivity index (χ2v) is 4.59. The average molecular weight is 307 g/mol. The number of anilines is 3. The number of nitrogens with one attached hydrogen (secondary N) is 2. The van der Waals surface area contributed by atoms with E-state index in [1.54, 1.807) is 0 Å². The Labute approximate surface area is 132 Å². The molecule has 0 unspecified atom stereocenters. The third-order valence-electron chi connectivity index (χ3n) is 2.92. The minimum Gasteiger partial charge on any atom is -0.465 e. The molecule has 3 rings (SSSR count). The molecule has 0 bridgehead atoms. The van der Waals surface area contributed by atoms with Crippen molar-refractivity contribution in [1.82, 2.24) is 15.0 Å². The molecule has 0 spiro atoms. The number of hydrogen-bond acceptors (Lipinski definition) is 5. The van der Waals surface area contributed by atoms with Crippen LogP contribution in [0.3, 0.4) is 0 Å². The van der Waals surface area contributed by atoms with Gasteiger partial charge in [0.1, 0.15) is 0 Å². The van der Waals surface area contributed by atoms with Crippen LogP contribution in [-0.4, -0.2) is 26.2 Å². The Bertz CT molecular complexity index is 809. The normalized spacial score (nSPS) is 10.1. The van der Waals surface area contributed by atoms with Crippen molar-refractivity contribution >= 4 is 23.7 Å². The van der Waals surface area contributed by atoms with Gasteiger partial charge in [-0.25, -0.2) is 4.79 Å². The van der Waals surface area contributed by atoms with Crippen LogP contribution in [0.25, 0.3) is 11.4 Å². The van der Waals surface area contributed by atoms with Crippen molar-refractivity contribution in [1.29, 1.82) is 0 Å². The van der Waals surface area contributed by atoms with Crippen LogP contribution in [0.2, 0.25) is 0 Å². The highest BCUT2D eigenvalue weighted by Gasteiger charge is 2.10. The molecule has 0 fully saturated rings.